The summed E-state index contributed by atoms with van der Waals surface area (Å²) in [5.41, 5.74) is 0.689. The monoisotopic (exact) mass is 413 g/mol. The summed E-state index contributed by atoms with van der Waals surface area (Å²) in [6, 6.07) is 9.41. The summed E-state index contributed by atoms with van der Waals surface area (Å²) < 4.78 is 3.57. The SMILES string of the molecule is Cn1c(CNC(=O)[C@H]2CCCN(c3nc4ccccc4s3)C2)cc(=O)n(C)c1=O. The first kappa shape index (κ1) is 19.4. The van der Waals surface area contributed by atoms with E-state index >= 15 is 0 Å². The van der Waals surface area contributed by atoms with Crippen LogP contribution in [0.5, 0.6) is 0 Å². The van der Waals surface area contributed by atoms with Gasteiger partial charge >= 0.3 is 5.69 Å². The molecule has 1 saturated heterocycles. The lowest BCUT2D eigenvalue weighted by Gasteiger charge is -2.31. The molecule has 1 aliphatic rings. The van der Waals surface area contributed by atoms with E-state index in [1.54, 1.807) is 18.4 Å². The van der Waals surface area contributed by atoms with E-state index in [4.69, 9.17) is 4.98 Å². The van der Waals surface area contributed by atoms with Gasteiger partial charge in [0.2, 0.25) is 5.91 Å². The highest BCUT2D eigenvalue weighted by molar-refractivity contribution is 7.22. The first-order valence-electron chi connectivity index (χ1n) is 9.58. The second kappa shape index (κ2) is 7.82. The minimum atomic E-state index is -0.401. The number of piperidine rings is 1. The Morgan fingerprint density at radius 1 is 1.24 bits per heavy atom. The molecule has 4 rings (SSSR count). The topological polar surface area (TPSA) is 89.2 Å². The molecule has 1 fully saturated rings. The number of benzene rings is 1. The Hall–Kier alpha value is -2.94. The lowest BCUT2D eigenvalue weighted by Crippen LogP contribution is -2.44. The highest BCUT2D eigenvalue weighted by Gasteiger charge is 2.27. The number of nitrogens with one attached hydrogen (secondary N) is 1. The summed E-state index contributed by atoms with van der Waals surface area (Å²) in [6.45, 7) is 1.65. The van der Waals surface area contributed by atoms with Crippen LogP contribution in [0, 0.1) is 5.92 Å². The first-order valence-corrected chi connectivity index (χ1v) is 10.4. The molecule has 152 valence electrons. The van der Waals surface area contributed by atoms with Crippen LogP contribution in [-0.4, -0.2) is 33.1 Å². The first-order chi connectivity index (χ1) is 13.9. The Labute approximate surface area is 171 Å². The van der Waals surface area contributed by atoms with Crippen molar-refractivity contribution in [3.63, 3.8) is 0 Å². The maximum absolute atomic E-state index is 12.7. The fraction of sp³-hybridized carbons (Fsp3) is 0.400. The summed E-state index contributed by atoms with van der Waals surface area (Å²) in [5, 5.41) is 3.83. The average molecular weight is 414 g/mol. The van der Waals surface area contributed by atoms with Gasteiger partial charge in [-0.2, -0.15) is 0 Å². The van der Waals surface area contributed by atoms with Crippen LogP contribution in [-0.2, 0) is 25.4 Å². The molecule has 0 unspecified atom stereocenters. The normalized spacial score (nSPS) is 16.9. The van der Waals surface area contributed by atoms with Crippen molar-refractivity contribution < 1.29 is 4.79 Å². The molecule has 3 aromatic rings. The molecule has 0 radical (unpaired) electrons. The van der Waals surface area contributed by atoms with Gasteiger partial charge in [0.05, 0.1) is 22.7 Å². The van der Waals surface area contributed by atoms with Crippen molar-refractivity contribution in [1.82, 2.24) is 19.4 Å². The van der Waals surface area contributed by atoms with Gasteiger partial charge < -0.3 is 10.2 Å². The number of nitrogens with zero attached hydrogens (tertiary/aromatic N) is 4. The van der Waals surface area contributed by atoms with Crippen molar-refractivity contribution in [3.8, 4) is 0 Å². The fourth-order valence-electron chi connectivity index (χ4n) is 3.63. The van der Waals surface area contributed by atoms with Crippen molar-refractivity contribution in [3.05, 3.63) is 56.9 Å². The quantitative estimate of drug-likeness (QED) is 0.695. The van der Waals surface area contributed by atoms with Gasteiger partial charge in [0, 0.05) is 38.9 Å². The number of carbonyl (C=O) groups excluding carboxylic acids is 1. The fourth-order valence-corrected chi connectivity index (χ4v) is 4.63. The summed E-state index contributed by atoms with van der Waals surface area (Å²) in [4.78, 5) is 43.5. The summed E-state index contributed by atoms with van der Waals surface area (Å²) in [6.07, 6.45) is 1.72. The Kier molecular flexibility index (Phi) is 5.23. The second-order valence-electron chi connectivity index (χ2n) is 7.34. The molecule has 9 heteroatoms. The number of para-hydroxylation sites is 1. The number of carbonyl (C=O) groups is 1. The van der Waals surface area contributed by atoms with Crippen LogP contribution in [0.1, 0.15) is 18.5 Å². The summed E-state index contributed by atoms with van der Waals surface area (Å²) in [5.74, 6) is -0.219. The van der Waals surface area contributed by atoms with E-state index in [1.807, 2.05) is 18.2 Å². The van der Waals surface area contributed by atoms with Gasteiger partial charge in [0.15, 0.2) is 5.13 Å². The molecule has 0 saturated carbocycles. The van der Waals surface area contributed by atoms with Crippen LogP contribution in [0.15, 0.2) is 39.9 Å². The lowest BCUT2D eigenvalue weighted by molar-refractivity contribution is -0.125. The van der Waals surface area contributed by atoms with Gasteiger partial charge in [0.1, 0.15) is 0 Å². The zero-order valence-electron chi connectivity index (χ0n) is 16.4. The molecule has 0 bridgehead atoms. The molecule has 1 aromatic carbocycles. The minimum Gasteiger partial charge on any atom is -0.350 e. The van der Waals surface area contributed by atoms with Gasteiger partial charge in [-0.05, 0) is 25.0 Å². The predicted molar refractivity (Wildman–Crippen MR) is 113 cm³/mol. The Bertz CT molecular complexity index is 1150. The van der Waals surface area contributed by atoms with Gasteiger partial charge in [-0.15, -0.1) is 0 Å². The molecule has 2 aromatic heterocycles. The van der Waals surface area contributed by atoms with E-state index in [-0.39, 0.29) is 23.9 Å². The van der Waals surface area contributed by atoms with Gasteiger partial charge in [0.25, 0.3) is 5.56 Å². The van der Waals surface area contributed by atoms with Gasteiger partial charge in [-0.3, -0.25) is 18.7 Å². The predicted octanol–water partition coefficient (Wildman–Crippen LogP) is 1.23. The Morgan fingerprint density at radius 2 is 2.03 bits per heavy atom. The number of rotatable bonds is 4. The van der Waals surface area contributed by atoms with Gasteiger partial charge in [-0.1, -0.05) is 23.5 Å². The molecular weight excluding hydrogens is 390 g/mol. The molecule has 1 aliphatic heterocycles. The second-order valence-corrected chi connectivity index (χ2v) is 8.35. The molecule has 1 amide bonds. The van der Waals surface area contributed by atoms with E-state index in [9.17, 15) is 14.4 Å². The molecular formula is C20H23N5O3S. The van der Waals surface area contributed by atoms with E-state index in [1.165, 1.54) is 17.7 Å². The van der Waals surface area contributed by atoms with Crippen LogP contribution in [0.25, 0.3) is 10.2 Å². The number of anilines is 1. The van der Waals surface area contributed by atoms with Crippen molar-refractivity contribution in [1.29, 1.82) is 0 Å². The molecule has 3 heterocycles. The van der Waals surface area contributed by atoms with Crippen molar-refractivity contribution in [2.24, 2.45) is 20.0 Å². The van der Waals surface area contributed by atoms with Crippen LogP contribution in [0.3, 0.4) is 0 Å². The lowest BCUT2D eigenvalue weighted by atomic mass is 9.97. The van der Waals surface area contributed by atoms with E-state index in [0.717, 1.165) is 39.3 Å². The highest BCUT2D eigenvalue weighted by atomic mass is 32.1. The average Bonchev–Trinajstić information content (AvgIpc) is 3.18. The zero-order chi connectivity index (χ0) is 20.5. The Balaban J connectivity index is 1.44. The molecule has 29 heavy (non-hydrogen) atoms. The third kappa shape index (κ3) is 3.82. The molecule has 0 spiro atoms. The molecule has 8 nitrogen and oxygen atoms in total. The van der Waals surface area contributed by atoms with Crippen molar-refractivity contribution >= 4 is 32.6 Å². The number of thiazole rings is 1. The maximum atomic E-state index is 12.7. The maximum Gasteiger partial charge on any atom is 0.330 e. The third-order valence-corrected chi connectivity index (χ3v) is 6.51. The number of hydrogen-bond donors (Lipinski definition) is 1. The summed E-state index contributed by atoms with van der Waals surface area (Å²) in [7, 11) is 3.03. The molecule has 1 atom stereocenters. The van der Waals surface area contributed by atoms with Crippen LogP contribution in [0.4, 0.5) is 5.13 Å². The van der Waals surface area contributed by atoms with E-state index in [2.05, 4.69) is 16.3 Å². The van der Waals surface area contributed by atoms with E-state index in [0.29, 0.717) is 12.2 Å². The molecule has 0 aliphatic carbocycles. The van der Waals surface area contributed by atoms with Crippen molar-refractivity contribution in [2.75, 3.05) is 18.0 Å². The smallest absolute Gasteiger partial charge is 0.330 e. The third-order valence-electron chi connectivity index (χ3n) is 5.41. The molecule has 1 N–H and O–H groups in total. The number of hydrogen-bond acceptors (Lipinski definition) is 6. The van der Waals surface area contributed by atoms with Crippen LogP contribution in [0.2, 0.25) is 0 Å². The summed E-state index contributed by atoms with van der Waals surface area (Å²) >= 11 is 1.64. The number of aromatic nitrogens is 3. The highest BCUT2D eigenvalue weighted by Crippen LogP contribution is 2.31. The van der Waals surface area contributed by atoms with Crippen LogP contribution >= 0.6 is 11.3 Å². The minimum absolute atomic E-state index is 0.0658. The number of fused-ring (bicyclic) bond motifs is 1. The zero-order valence-corrected chi connectivity index (χ0v) is 17.2. The van der Waals surface area contributed by atoms with Crippen molar-refractivity contribution in [2.45, 2.75) is 19.4 Å². The van der Waals surface area contributed by atoms with Gasteiger partial charge in [-0.25, -0.2) is 9.78 Å². The number of amides is 1. The Morgan fingerprint density at radius 3 is 2.83 bits per heavy atom. The van der Waals surface area contributed by atoms with Crippen LogP contribution < -0.4 is 21.5 Å². The van der Waals surface area contributed by atoms with E-state index < -0.39 is 5.69 Å². The standard InChI is InChI=1S/C20H23N5O3S/c1-23-14(10-17(26)24(2)20(23)28)11-21-18(27)13-6-5-9-25(12-13)19-22-15-7-3-4-8-16(15)29-19/h3-4,7-8,10,13H,5-6,9,11-12H2,1-2H3,(H,21,27)/t13-/m0/s1. The largest absolute Gasteiger partial charge is 0.350 e.